The second kappa shape index (κ2) is 4.38. The monoisotopic (exact) mass is 234 g/mol. The fourth-order valence-electron chi connectivity index (χ4n) is 0.591. The van der Waals surface area contributed by atoms with Crippen LogP contribution in [0.25, 0.3) is 0 Å². The number of nitro groups is 1. The quantitative estimate of drug-likeness (QED) is 0.483. The first kappa shape index (κ1) is 10.9. The third-order valence-corrected chi connectivity index (χ3v) is 3.42. The van der Waals surface area contributed by atoms with Crippen LogP contribution in [0.4, 0.5) is 5.00 Å². The number of thioether (sulfide) groups is 1. The van der Waals surface area contributed by atoms with Crippen LogP contribution in [0, 0.1) is 10.1 Å². The molecule has 8 heteroatoms. The van der Waals surface area contributed by atoms with Gasteiger partial charge in [-0.3, -0.25) is 14.9 Å². The van der Waals surface area contributed by atoms with Gasteiger partial charge in [0.25, 0.3) is 0 Å². The average Bonchev–Trinajstić information content (AvgIpc) is 2.52. The Hall–Kier alpha value is -1.15. The predicted molar refractivity (Wildman–Crippen MR) is 51.7 cm³/mol. The van der Waals surface area contributed by atoms with Gasteiger partial charge in [0, 0.05) is 0 Å². The number of carboxylic acid groups (broad SMARTS) is 1. The lowest BCUT2D eigenvalue weighted by Gasteiger charge is -2.00. The Balaban J connectivity index is 2.69. The van der Waals surface area contributed by atoms with E-state index in [4.69, 9.17) is 5.11 Å². The van der Waals surface area contributed by atoms with Crippen molar-refractivity contribution in [1.29, 1.82) is 0 Å². The molecule has 1 aromatic rings. The smallest absolute Gasteiger partial charge is 0.344 e. The van der Waals surface area contributed by atoms with Gasteiger partial charge in [0.05, 0.1) is 4.92 Å². The van der Waals surface area contributed by atoms with Crippen LogP contribution in [0.15, 0.2) is 10.5 Å². The van der Waals surface area contributed by atoms with Gasteiger partial charge >= 0.3 is 11.0 Å². The molecule has 14 heavy (non-hydrogen) atoms. The van der Waals surface area contributed by atoms with Gasteiger partial charge in [0.15, 0.2) is 4.34 Å². The number of aliphatic carboxylic acids is 1. The summed E-state index contributed by atoms with van der Waals surface area (Å²) < 4.78 is 0.395. The molecular formula is C6H6N2O4S2. The van der Waals surface area contributed by atoms with E-state index in [0.29, 0.717) is 4.34 Å². The van der Waals surface area contributed by atoms with Gasteiger partial charge in [0.1, 0.15) is 11.4 Å². The third kappa shape index (κ3) is 2.67. The zero-order valence-electron chi connectivity index (χ0n) is 7.04. The second-order valence-corrected chi connectivity index (χ2v) is 4.92. The van der Waals surface area contributed by atoms with E-state index in [9.17, 15) is 14.9 Å². The summed E-state index contributed by atoms with van der Waals surface area (Å²) in [6.45, 7) is 1.50. The molecule has 0 saturated heterocycles. The van der Waals surface area contributed by atoms with Crippen LogP contribution < -0.4 is 0 Å². The number of nitrogens with zero attached hydrogens (tertiary/aromatic N) is 2. The van der Waals surface area contributed by atoms with Gasteiger partial charge in [-0.25, -0.2) is 4.98 Å². The van der Waals surface area contributed by atoms with Crippen molar-refractivity contribution >= 4 is 34.1 Å². The first-order valence-electron chi connectivity index (χ1n) is 3.50. The van der Waals surface area contributed by atoms with E-state index in [1.165, 1.54) is 6.92 Å². The molecule has 1 aromatic heterocycles. The summed E-state index contributed by atoms with van der Waals surface area (Å²) >= 11 is 1.87. The van der Waals surface area contributed by atoms with Crippen molar-refractivity contribution in [2.75, 3.05) is 0 Å². The largest absolute Gasteiger partial charge is 0.480 e. The Morgan fingerprint density at radius 3 is 2.93 bits per heavy atom. The van der Waals surface area contributed by atoms with Crippen molar-refractivity contribution in [3.05, 3.63) is 16.3 Å². The maximum Gasteiger partial charge on any atom is 0.344 e. The summed E-state index contributed by atoms with van der Waals surface area (Å²) in [5.41, 5.74) is 0. The van der Waals surface area contributed by atoms with Gasteiger partial charge in [-0.2, -0.15) is 0 Å². The molecule has 1 heterocycles. The molecule has 1 rings (SSSR count). The maximum absolute atomic E-state index is 10.5. The van der Waals surface area contributed by atoms with Crippen molar-refractivity contribution in [3.63, 3.8) is 0 Å². The van der Waals surface area contributed by atoms with E-state index in [1.807, 2.05) is 0 Å². The van der Waals surface area contributed by atoms with Crippen LogP contribution in [0.5, 0.6) is 0 Å². The Bertz CT molecular complexity index is 364. The van der Waals surface area contributed by atoms with E-state index in [-0.39, 0.29) is 5.00 Å². The molecule has 0 aliphatic rings. The minimum Gasteiger partial charge on any atom is -0.480 e. The van der Waals surface area contributed by atoms with Crippen molar-refractivity contribution < 1.29 is 14.8 Å². The molecule has 1 unspecified atom stereocenters. The van der Waals surface area contributed by atoms with E-state index in [2.05, 4.69) is 4.98 Å². The van der Waals surface area contributed by atoms with Gasteiger partial charge in [-0.05, 0) is 18.3 Å². The molecular weight excluding hydrogens is 228 g/mol. The number of aromatic nitrogens is 1. The number of carboxylic acids is 1. The van der Waals surface area contributed by atoms with Crippen LogP contribution in [-0.2, 0) is 4.79 Å². The lowest BCUT2D eigenvalue weighted by molar-refractivity contribution is -0.380. The highest BCUT2D eigenvalue weighted by Crippen LogP contribution is 2.31. The number of hydrogen-bond donors (Lipinski definition) is 1. The number of hydrogen-bond acceptors (Lipinski definition) is 6. The van der Waals surface area contributed by atoms with Crippen LogP contribution in [0.3, 0.4) is 0 Å². The Morgan fingerprint density at radius 1 is 1.86 bits per heavy atom. The molecule has 6 nitrogen and oxygen atoms in total. The third-order valence-electron chi connectivity index (χ3n) is 1.28. The topological polar surface area (TPSA) is 93.3 Å². The minimum atomic E-state index is -0.965. The van der Waals surface area contributed by atoms with Crippen LogP contribution in [-0.4, -0.2) is 26.2 Å². The summed E-state index contributed by atoms with van der Waals surface area (Å²) in [6, 6.07) is 0. The summed E-state index contributed by atoms with van der Waals surface area (Å²) in [6.07, 6.45) is 1.13. The number of rotatable bonds is 4. The Morgan fingerprint density at radius 2 is 2.50 bits per heavy atom. The van der Waals surface area contributed by atoms with Crippen LogP contribution in [0.2, 0.25) is 0 Å². The summed E-state index contributed by atoms with van der Waals surface area (Å²) in [5.74, 6) is -0.965. The molecule has 0 aliphatic heterocycles. The summed E-state index contributed by atoms with van der Waals surface area (Å²) in [7, 11) is 0. The van der Waals surface area contributed by atoms with E-state index >= 15 is 0 Å². The van der Waals surface area contributed by atoms with E-state index in [1.54, 1.807) is 0 Å². The second-order valence-electron chi connectivity index (χ2n) is 2.32. The first-order chi connectivity index (χ1) is 6.50. The Labute approximate surface area is 87.1 Å². The highest BCUT2D eigenvalue weighted by Gasteiger charge is 2.17. The van der Waals surface area contributed by atoms with Gasteiger partial charge in [0.2, 0.25) is 0 Å². The zero-order valence-corrected chi connectivity index (χ0v) is 8.67. The lowest BCUT2D eigenvalue weighted by Crippen LogP contribution is -2.10. The molecule has 0 spiro atoms. The molecule has 1 N–H and O–H groups in total. The predicted octanol–water partition coefficient (Wildman–Crippen LogP) is 1.62. The molecule has 0 bridgehead atoms. The normalized spacial score (nSPS) is 12.4. The zero-order chi connectivity index (χ0) is 10.7. The highest BCUT2D eigenvalue weighted by atomic mass is 32.2. The number of carbonyl (C=O) groups is 1. The van der Waals surface area contributed by atoms with Crippen LogP contribution >= 0.6 is 23.1 Å². The molecule has 0 fully saturated rings. The van der Waals surface area contributed by atoms with Crippen molar-refractivity contribution in [3.8, 4) is 0 Å². The molecule has 76 valence electrons. The average molecular weight is 234 g/mol. The van der Waals surface area contributed by atoms with Gasteiger partial charge in [-0.1, -0.05) is 11.8 Å². The fraction of sp³-hybridized carbons (Fsp3) is 0.333. The van der Waals surface area contributed by atoms with Crippen LogP contribution in [0.1, 0.15) is 6.92 Å². The van der Waals surface area contributed by atoms with Gasteiger partial charge in [-0.15, -0.1) is 0 Å². The van der Waals surface area contributed by atoms with E-state index in [0.717, 1.165) is 29.3 Å². The van der Waals surface area contributed by atoms with Crippen molar-refractivity contribution in [2.24, 2.45) is 0 Å². The highest BCUT2D eigenvalue weighted by molar-refractivity contribution is 8.02. The van der Waals surface area contributed by atoms with Crippen molar-refractivity contribution in [2.45, 2.75) is 16.5 Å². The van der Waals surface area contributed by atoms with Crippen molar-refractivity contribution in [1.82, 2.24) is 4.98 Å². The summed E-state index contributed by atoms with van der Waals surface area (Å²) in [5, 5.41) is 18.1. The maximum atomic E-state index is 10.5. The molecule has 0 saturated carbocycles. The summed E-state index contributed by atoms with van der Waals surface area (Å²) in [4.78, 5) is 23.9. The molecule has 1 atom stereocenters. The lowest BCUT2D eigenvalue weighted by atomic mass is 10.5. The molecule has 0 aliphatic carbocycles. The molecule has 0 amide bonds. The first-order valence-corrected chi connectivity index (χ1v) is 5.20. The van der Waals surface area contributed by atoms with Gasteiger partial charge < -0.3 is 5.11 Å². The van der Waals surface area contributed by atoms with E-state index < -0.39 is 16.1 Å². The Kier molecular flexibility index (Phi) is 3.42. The standard InChI is InChI=1S/C6H6N2O4S2/c1-3(5(9)10)13-6-7-2-4(14-6)8(11)12/h2-3H,1H3,(H,9,10). The fourth-order valence-corrected chi connectivity index (χ4v) is 2.45. The minimum absolute atomic E-state index is 0.0786. The number of thiazole rings is 1. The molecule has 0 radical (unpaired) electrons. The SMILES string of the molecule is CC(Sc1ncc([N+](=O)[O-])s1)C(=O)O. The molecule has 0 aromatic carbocycles.